The number of nitrogens with one attached hydrogen (secondary N) is 1. The molecule has 120 valence electrons. The van der Waals surface area contributed by atoms with Crippen molar-refractivity contribution in [2.24, 2.45) is 11.8 Å². The van der Waals surface area contributed by atoms with Crippen molar-refractivity contribution >= 4 is 5.97 Å². The summed E-state index contributed by atoms with van der Waals surface area (Å²) in [6.07, 6.45) is 4.13. The summed E-state index contributed by atoms with van der Waals surface area (Å²) in [4.78, 5) is 15.3. The highest BCUT2D eigenvalue weighted by molar-refractivity contribution is 5.67. The van der Waals surface area contributed by atoms with Gasteiger partial charge in [-0.25, -0.2) is 4.79 Å². The van der Waals surface area contributed by atoms with Crippen LogP contribution < -0.4 is 5.48 Å². The fourth-order valence-electron chi connectivity index (χ4n) is 3.44. The minimum absolute atomic E-state index is 0.205. The summed E-state index contributed by atoms with van der Waals surface area (Å²) in [7, 11) is 0. The fraction of sp³-hybridized carbons (Fsp3) is 0.800. The SMILES string of the molecule is CCCC(O)CCC1C(O)CC2=C(NOCC(=O)O)CC21. The lowest BCUT2D eigenvalue weighted by Gasteiger charge is -2.32. The number of allylic oxidation sites excluding steroid dienone is 1. The molecule has 6 nitrogen and oxygen atoms in total. The molecule has 2 aliphatic rings. The fourth-order valence-corrected chi connectivity index (χ4v) is 3.44. The maximum absolute atomic E-state index is 10.4. The molecule has 4 atom stereocenters. The highest BCUT2D eigenvalue weighted by Crippen LogP contribution is 2.50. The van der Waals surface area contributed by atoms with Crippen LogP contribution in [-0.4, -0.2) is 40.1 Å². The van der Waals surface area contributed by atoms with Crippen LogP contribution in [-0.2, 0) is 9.63 Å². The molecule has 0 heterocycles. The summed E-state index contributed by atoms with van der Waals surface area (Å²) in [5.74, 6) is -0.459. The van der Waals surface area contributed by atoms with Crippen LogP contribution in [0.15, 0.2) is 11.3 Å². The van der Waals surface area contributed by atoms with Gasteiger partial charge in [0.2, 0.25) is 0 Å². The Balaban J connectivity index is 1.80. The second kappa shape index (κ2) is 7.24. The standard InChI is InChI=1S/C15H25NO5/c1-2-3-9(17)4-5-10-11-6-13(12(11)7-14(10)18)16-21-8-15(19)20/h9-11,14,16-18H,2-8H2,1H3,(H,19,20). The van der Waals surface area contributed by atoms with E-state index in [0.29, 0.717) is 12.3 Å². The largest absolute Gasteiger partial charge is 0.479 e. The van der Waals surface area contributed by atoms with Crippen molar-refractivity contribution in [2.75, 3.05) is 6.61 Å². The van der Waals surface area contributed by atoms with Gasteiger partial charge in [0, 0.05) is 5.70 Å². The van der Waals surface area contributed by atoms with E-state index in [0.717, 1.165) is 43.4 Å². The first-order chi connectivity index (χ1) is 10.0. The Kier molecular flexibility index (Phi) is 5.61. The van der Waals surface area contributed by atoms with Crippen molar-refractivity contribution in [2.45, 2.75) is 57.7 Å². The smallest absolute Gasteiger partial charge is 0.332 e. The highest BCUT2D eigenvalue weighted by atomic mass is 16.7. The molecular formula is C15H25NO5. The number of aliphatic hydroxyl groups is 2. The van der Waals surface area contributed by atoms with Crippen LogP contribution in [0.4, 0.5) is 0 Å². The molecule has 1 saturated carbocycles. The normalized spacial score (nSPS) is 29.0. The predicted octanol–water partition coefficient (Wildman–Crippen LogP) is 1.19. The van der Waals surface area contributed by atoms with Gasteiger partial charge >= 0.3 is 5.97 Å². The first kappa shape index (κ1) is 16.3. The van der Waals surface area contributed by atoms with Gasteiger partial charge in [0.1, 0.15) is 0 Å². The van der Waals surface area contributed by atoms with Crippen molar-refractivity contribution in [1.82, 2.24) is 5.48 Å². The Hall–Kier alpha value is -1.11. The van der Waals surface area contributed by atoms with E-state index in [2.05, 4.69) is 12.4 Å². The third-order valence-electron chi connectivity index (χ3n) is 4.55. The molecule has 0 radical (unpaired) electrons. The zero-order valence-corrected chi connectivity index (χ0v) is 12.4. The number of hydroxylamine groups is 1. The molecule has 0 saturated heterocycles. The summed E-state index contributed by atoms with van der Waals surface area (Å²) in [5.41, 5.74) is 4.76. The third kappa shape index (κ3) is 3.96. The van der Waals surface area contributed by atoms with Crippen LogP contribution in [0.3, 0.4) is 0 Å². The molecule has 2 aliphatic carbocycles. The molecule has 0 spiro atoms. The minimum atomic E-state index is -1.02. The van der Waals surface area contributed by atoms with E-state index in [1.807, 2.05) is 0 Å². The maximum atomic E-state index is 10.4. The Morgan fingerprint density at radius 1 is 1.43 bits per heavy atom. The average Bonchev–Trinajstić information content (AvgIpc) is 2.65. The van der Waals surface area contributed by atoms with Gasteiger partial charge < -0.3 is 15.3 Å². The summed E-state index contributed by atoms with van der Waals surface area (Å²) in [6, 6.07) is 0. The van der Waals surface area contributed by atoms with Gasteiger partial charge in [0.05, 0.1) is 12.2 Å². The zero-order chi connectivity index (χ0) is 15.4. The third-order valence-corrected chi connectivity index (χ3v) is 4.55. The van der Waals surface area contributed by atoms with Crippen LogP contribution >= 0.6 is 0 Å². The molecular weight excluding hydrogens is 274 g/mol. The molecule has 4 unspecified atom stereocenters. The second-order valence-electron chi connectivity index (χ2n) is 6.05. The number of aliphatic hydroxyl groups excluding tert-OH is 2. The van der Waals surface area contributed by atoms with E-state index in [9.17, 15) is 15.0 Å². The van der Waals surface area contributed by atoms with Crippen LogP contribution in [0.2, 0.25) is 0 Å². The number of aliphatic carboxylic acids is 1. The first-order valence-electron chi connectivity index (χ1n) is 7.70. The van der Waals surface area contributed by atoms with Gasteiger partial charge in [0.15, 0.2) is 6.61 Å². The zero-order valence-electron chi connectivity index (χ0n) is 12.4. The van der Waals surface area contributed by atoms with Crippen molar-refractivity contribution in [3.63, 3.8) is 0 Å². The van der Waals surface area contributed by atoms with E-state index in [1.54, 1.807) is 0 Å². The number of carboxylic acids is 1. The molecule has 0 aliphatic heterocycles. The summed E-state index contributed by atoms with van der Waals surface area (Å²) < 4.78 is 0. The lowest BCUT2D eigenvalue weighted by Crippen LogP contribution is -2.31. The minimum Gasteiger partial charge on any atom is -0.479 e. The summed E-state index contributed by atoms with van der Waals surface area (Å²) in [5, 5.41) is 28.5. The van der Waals surface area contributed by atoms with Crippen molar-refractivity contribution in [3.8, 4) is 0 Å². The first-order valence-corrected chi connectivity index (χ1v) is 7.70. The van der Waals surface area contributed by atoms with Crippen molar-refractivity contribution < 1.29 is 25.0 Å². The number of fused-ring (bicyclic) bond motifs is 1. The lowest BCUT2D eigenvalue weighted by molar-refractivity contribution is -0.144. The summed E-state index contributed by atoms with van der Waals surface area (Å²) >= 11 is 0. The van der Waals surface area contributed by atoms with E-state index in [4.69, 9.17) is 9.94 Å². The van der Waals surface area contributed by atoms with Crippen molar-refractivity contribution in [3.05, 3.63) is 11.3 Å². The molecule has 6 heteroatoms. The highest BCUT2D eigenvalue weighted by Gasteiger charge is 2.45. The lowest BCUT2D eigenvalue weighted by atomic mass is 9.77. The van der Waals surface area contributed by atoms with Crippen LogP contribution in [0, 0.1) is 11.8 Å². The molecule has 4 N–H and O–H groups in total. The molecule has 0 aromatic heterocycles. The van der Waals surface area contributed by atoms with E-state index < -0.39 is 5.97 Å². The molecule has 0 aromatic carbocycles. The second-order valence-corrected chi connectivity index (χ2v) is 6.05. The maximum Gasteiger partial charge on any atom is 0.332 e. The molecule has 1 fully saturated rings. The quantitative estimate of drug-likeness (QED) is 0.477. The number of rotatable bonds is 9. The topological polar surface area (TPSA) is 99.0 Å². The monoisotopic (exact) mass is 299 g/mol. The molecule has 21 heavy (non-hydrogen) atoms. The van der Waals surface area contributed by atoms with E-state index in [1.165, 1.54) is 0 Å². The van der Waals surface area contributed by atoms with E-state index >= 15 is 0 Å². The van der Waals surface area contributed by atoms with Gasteiger partial charge in [0.25, 0.3) is 0 Å². The van der Waals surface area contributed by atoms with Gasteiger partial charge in [-0.05, 0) is 49.5 Å². The Labute approximate surface area is 124 Å². The van der Waals surface area contributed by atoms with Crippen LogP contribution in [0.1, 0.15) is 45.4 Å². The van der Waals surface area contributed by atoms with E-state index in [-0.39, 0.29) is 24.7 Å². The molecule has 0 aromatic rings. The van der Waals surface area contributed by atoms with Gasteiger partial charge in [-0.2, -0.15) is 0 Å². The van der Waals surface area contributed by atoms with Crippen molar-refractivity contribution in [1.29, 1.82) is 0 Å². The van der Waals surface area contributed by atoms with Gasteiger partial charge in [-0.3, -0.25) is 10.3 Å². The number of hydrogen-bond donors (Lipinski definition) is 4. The number of hydrogen-bond acceptors (Lipinski definition) is 5. The van der Waals surface area contributed by atoms with Gasteiger partial charge in [-0.15, -0.1) is 0 Å². The van der Waals surface area contributed by atoms with Gasteiger partial charge in [-0.1, -0.05) is 13.3 Å². The Morgan fingerprint density at radius 3 is 2.86 bits per heavy atom. The number of carboxylic acid groups (broad SMARTS) is 1. The number of carbonyl (C=O) groups is 1. The summed E-state index contributed by atoms with van der Waals surface area (Å²) in [6.45, 7) is 1.67. The molecule has 0 bridgehead atoms. The van der Waals surface area contributed by atoms with Crippen LogP contribution in [0.5, 0.6) is 0 Å². The Morgan fingerprint density at radius 2 is 2.19 bits per heavy atom. The Bertz CT molecular complexity index is 409. The predicted molar refractivity (Wildman–Crippen MR) is 76.1 cm³/mol. The molecule has 2 rings (SSSR count). The van der Waals surface area contributed by atoms with Crippen LogP contribution in [0.25, 0.3) is 0 Å². The molecule has 0 amide bonds. The average molecular weight is 299 g/mol.